The van der Waals surface area contributed by atoms with E-state index in [9.17, 15) is 4.79 Å². The zero-order chi connectivity index (χ0) is 21.5. The van der Waals surface area contributed by atoms with Gasteiger partial charge in [-0.25, -0.2) is 4.98 Å². The summed E-state index contributed by atoms with van der Waals surface area (Å²) in [4.78, 5) is 22.1. The molecule has 7 nitrogen and oxygen atoms in total. The van der Waals surface area contributed by atoms with E-state index in [1.807, 2.05) is 61.7 Å². The number of benzene rings is 1. The van der Waals surface area contributed by atoms with Crippen molar-refractivity contribution in [2.45, 2.75) is 19.8 Å². The molecule has 0 aliphatic heterocycles. The van der Waals surface area contributed by atoms with Crippen molar-refractivity contribution in [2.24, 2.45) is 0 Å². The quantitative estimate of drug-likeness (QED) is 0.380. The van der Waals surface area contributed by atoms with Crippen LogP contribution >= 0.6 is 15.9 Å². The fourth-order valence-electron chi connectivity index (χ4n) is 3.77. The maximum atomic E-state index is 13.1. The van der Waals surface area contributed by atoms with Crippen LogP contribution in [0.3, 0.4) is 0 Å². The SMILES string of the molecule is Cc1cccc(C(C)c2[nH]nc3cccc(NC(=O)c4cnc5cc(Br)ccn45)c23)n1. The third-order valence-corrected chi connectivity index (χ3v) is 5.84. The number of fused-ring (bicyclic) bond motifs is 2. The van der Waals surface area contributed by atoms with Crippen molar-refractivity contribution in [2.75, 3.05) is 5.32 Å². The number of amides is 1. The topological polar surface area (TPSA) is 88.0 Å². The number of imidazole rings is 1. The molecule has 0 fully saturated rings. The summed E-state index contributed by atoms with van der Waals surface area (Å²) < 4.78 is 2.67. The normalized spacial score (nSPS) is 12.4. The molecule has 0 saturated carbocycles. The van der Waals surface area contributed by atoms with Crippen LogP contribution in [0, 0.1) is 6.92 Å². The highest BCUT2D eigenvalue weighted by molar-refractivity contribution is 9.10. The molecule has 8 heteroatoms. The molecular formula is C23H19BrN6O. The highest BCUT2D eigenvalue weighted by Gasteiger charge is 2.20. The first-order valence-electron chi connectivity index (χ1n) is 9.86. The van der Waals surface area contributed by atoms with Crippen molar-refractivity contribution < 1.29 is 4.79 Å². The second-order valence-electron chi connectivity index (χ2n) is 7.43. The van der Waals surface area contributed by atoms with Crippen LogP contribution in [-0.2, 0) is 0 Å². The maximum Gasteiger partial charge on any atom is 0.274 e. The number of anilines is 1. The summed E-state index contributed by atoms with van der Waals surface area (Å²) in [5, 5.41) is 11.5. The molecule has 0 aliphatic carbocycles. The summed E-state index contributed by atoms with van der Waals surface area (Å²) in [6.45, 7) is 4.05. The number of H-pyrrole nitrogens is 1. The molecule has 4 heterocycles. The van der Waals surface area contributed by atoms with Crippen molar-refractivity contribution in [3.8, 4) is 0 Å². The summed E-state index contributed by atoms with van der Waals surface area (Å²) >= 11 is 3.43. The number of carbonyl (C=O) groups excluding carboxylic acids is 1. The average Bonchev–Trinajstić information content (AvgIpc) is 3.37. The minimum absolute atomic E-state index is 0.0175. The molecule has 0 spiro atoms. The number of halogens is 1. The second kappa shape index (κ2) is 7.63. The minimum atomic E-state index is -0.240. The van der Waals surface area contributed by atoms with Crippen LogP contribution in [0.2, 0.25) is 0 Å². The molecule has 1 aromatic carbocycles. The highest BCUT2D eigenvalue weighted by atomic mass is 79.9. The molecule has 5 rings (SSSR count). The number of rotatable bonds is 4. The number of hydrogen-bond donors (Lipinski definition) is 2. The number of aromatic nitrogens is 5. The van der Waals surface area contributed by atoms with Gasteiger partial charge >= 0.3 is 0 Å². The number of nitrogens with zero attached hydrogens (tertiary/aromatic N) is 4. The van der Waals surface area contributed by atoms with Crippen LogP contribution in [0.15, 0.2) is 65.4 Å². The van der Waals surface area contributed by atoms with E-state index in [-0.39, 0.29) is 11.8 Å². The Kier molecular flexibility index (Phi) is 4.78. The number of hydrogen-bond acceptors (Lipinski definition) is 4. The lowest BCUT2D eigenvalue weighted by molar-refractivity contribution is 0.102. The van der Waals surface area contributed by atoms with E-state index >= 15 is 0 Å². The lowest BCUT2D eigenvalue weighted by atomic mass is 9.98. The number of pyridine rings is 2. The van der Waals surface area contributed by atoms with Crippen molar-refractivity contribution in [3.63, 3.8) is 0 Å². The summed E-state index contributed by atoms with van der Waals surface area (Å²) in [7, 11) is 0. The largest absolute Gasteiger partial charge is 0.320 e. The Hall–Kier alpha value is -3.52. The zero-order valence-corrected chi connectivity index (χ0v) is 18.5. The number of aryl methyl sites for hydroxylation is 1. The van der Waals surface area contributed by atoms with Gasteiger partial charge in [-0.1, -0.05) is 35.0 Å². The van der Waals surface area contributed by atoms with Crippen LogP contribution in [0.1, 0.15) is 40.4 Å². The van der Waals surface area contributed by atoms with Crippen LogP contribution < -0.4 is 5.32 Å². The van der Waals surface area contributed by atoms with E-state index < -0.39 is 0 Å². The molecule has 154 valence electrons. The molecule has 2 N–H and O–H groups in total. The van der Waals surface area contributed by atoms with Gasteiger partial charge in [0.25, 0.3) is 5.91 Å². The first-order chi connectivity index (χ1) is 15.0. The first-order valence-corrected chi connectivity index (χ1v) is 10.6. The minimum Gasteiger partial charge on any atom is -0.320 e. The Labute approximate surface area is 186 Å². The molecule has 0 bridgehead atoms. The Morgan fingerprint density at radius 1 is 1.19 bits per heavy atom. The van der Waals surface area contributed by atoms with Crippen molar-refractivity contribution >= 4 is 44.1 Å². The summed E-state index contributed by atoms with van der Waals surface area (Å²) in [5.41, 5.74) is 5.44. The molecule has 1 atom stereocenters. The predicted molar refractivity (Wildman–Crippen MR) is 123 cm³/mol. The lowest BCUT2D eigenvalue weighted by Crippen LogP contribution is -2.14. The summed E-state index contributed by atoms with van der Waals surface area (Å²) in [5.74, 6) is -0.257. The summed E-state index contributed by atoms with van der Waals surface area (Å²) in [6, 6.07) is 15.4. The third-order valence-electron chi connectivity index (χ3n) is 5.35. The molecule has 31 heavy (non-hydrogen) atoms. The summed E-state index contributed by atoms with van der Waals surface area (Å²) in [6.07, 6.45) is 3.39. The van der Waals surface area contributed by atoms with Gasteiger partial charge in [0.05, 0.1) is 23.1 Å². The van der Waals surface area contributed by atoms with E-state index in [0.29, 0.717) is 17.0 Å². The van der Waals surface area contributed by atoms with Crippen molar-refractivity contribution in [3.05, 3.63) is 88.2 Å². The fraction of sp³-hybridized carbons (Fsp3) is 0.130. The molecule has 1 amide bonds. The third kappa shape index (κ3) is 3.48. The van der Waals surface area contributed by atoms with E-state index in [1.165, 1.54) is 0 Å². The van der Waals surface area contributed by atoms with E-state index in [0.717, 1.165) is 32.5 Å². The van der Waals surface area contributed by atoms with Crippen LogP contribution in [0.4, 0.5) is 5.69 Å². The Bertz CT molecular complexity index is 1440. The maximum absolute atomic E-state index is 13.1. The van der Waals surface area contributed by atoms with Gasteiger partial charge in [0.15, 0.2) is 0 Å². The van der Waals surface area contributed by atoms with Crippen molar-refractivity contribution in [1.29, 1.82) is 0 Å². The molecule has 5 aromatic rings. The van der Waals surface area contributed by atoms with Gasteiger partial charge < -0.3 is 5.32 Å². The van der Waals surface area contributed by atoms with Gasteiger partial charge in [-0.2, -0.15) is 5.10 Å². The van der Waals surface area contributed by atoms with Gasteiger partial charge in [0.2, 0.25) is 0 Å². The fourth-order valence-corrected chi connectivity index (χ4v) is 4.10. The van der Waals surface area contributed by atoms with Gasteiger partial charge in [-0.15, -0.1) is 0 Å². The van der Waals surface area contributed by atoms with Crippen LogP contribution in [0.5, 0.6) is 0 Å². The first kappa shape index (κ1) is 19.4. The average molecular weight is 475 g/mol. The van der Waals surface area contributed by atoms with Gasteiger partial charge in [-0.3, -0.25) is 19.3 Å². The van der Waals surface area contributed by atoms with Crippen molar-refractivity contribution in [1.82, 2.24) is 24.6 Å². The van der Waals surface area contributed by atoms with E-state index in [2.05, 4.69) is 48.3 Å². The Balaban J connectivity index is 1.54. The van der Waals surface area contributed by atoms with Gasteiger partial charge in [-0.05, 0) is 43.3 Å². The number of nitrogens with one attached hydrogen (secondary N) is 2. The molecule has 1 unspecified atom stereocenters. The van der Waals surface area contributed by atoms with Gasteiger partial charge in [0.1, 0.15) is 11.3 Å². The van der Waals surface area contributed by atoms with E-state index in [1.54, 1.807) is 10.6 Å². The number of aromatic amines is 1. The predicted octanol–water partition coefficient (Wildman–Crippen LogP) is 5.08. The second-order valence-corrected chi connectivity index (χ2v) is 8.35. The molecule has 4 aromatic heterocycles. The number of carbonyl (C=O) groups is 1. The zero-order valence-electron chi connectivity index (χ0n) is 16.9. The molecule has 0 saturated heterocycles. The van der Waals surface area contributed by atoms with E-state index in [4.69, 9.17) is 0 Å². The molecule has 0 aliphatic rings. The molecular weight excluding hydrogens is 456 g/mol. The lowest BCUT2D eigenvalue weighted by Gasteiger charge is -2.13. The molecule has 0 radical (unpaired) electrons. The monoisotopic (exact) mass is 474 g/mol. The Morgan fingerprint density at radius 3 is 2.87 bits per heavy atom. The highest BCUT2D eigenvalue weighted by Crippen LogP contribution is 2.33. The smallest absolute Gasteiger partial charge is 0.274 e. The van der Waals surface area contributed by atoms with Crippen LogP contribution in [-0.4, -0.2) is 30.5 Å². The van der Waals surface area contributed by atoms with Crippen LogP contribution in [0.25, 0.3) is 16.6 Å². The van der Waals surface area contributed by atoms with Gasteiger partial charge in [0, 0.05) is 33.4 Å². The standard InChI is InChI=1S/C23H19BrN6O/c1-13-5-3-6-16(26-13)14(2)22-21-17(7-4-8-18(21)28-29-22)27-23(31)19-12-25-20-11-15(24)9-10-30(19)20/h3-12,14H,1-2H3,(H,27,31)(H,28,29). The Morgan fingerprint density at radius 2 is 2.03 bits per heavy atom.